The average molecular weight is 357 g/mol. The fourth-order valence-corrected chi connectivity index (χ4v) is 2.92. The van der Waals surface area contributed by atoms with Crippen molar-refractivity contribution in [1.82, 2.24) is 14.9 Å². The highest BCUT2D eigenvalue weighted by Gasteiger charge is 2.31. The molecule has 128 valence electrons. The zero-order chi connectivity index (χ0) is 17.3. The van der Waals surface area contributed by atoms with Crippen LogP contribution in [-0.4, -0.2) is 27.8 Å². The Hall–Kier alpha value is -2.13. The van der Waals surface area contributed by atoms with Crippen molar-refractivity contribution >= 4 is 12.2 Å². The van der Waals surface area contributed by atoms with Crippen LogP contribution in [0, 0.1) is 4.77 Å². The lowest BCUT2D eigenvalue weighted by Crippen LogP contribution is -2.35. The number of nitrogens with zero attached hydrogens (tertiary/aromatic N) is 1. The Kier molecular flexibility index (Phi) is 4.46. The van der Waals surface area contributed by atoms with Crippen LogP contribution in [0.2, 0.25) is 0 Å². The first-order chi connectivity index (χ1) is 11.3. The quantitative estimate of drug-likeness (QED) is 0.830. The molecule has 0 spiro atoms. The van der Waals surface area contributed by atoms with Crippen molar-refractivity contribution in [3.05, 3.63) is 56.2 Å². The van der Waals surface area contributed by atoms with Crippen LogP contribution in [0.1, 0.15) is 16.8 Å². The lowest BCUT2D eigenvalue weighted by molar-refractivity contribution is -0.274. The van der Waals surface area contributed by atoms with Crippen molar-refractivity contribution in [3.8, 4) is 5.75 Å². The molecule has 0 atom stereocenters. The van der Waals surface area contributed by atoms with E-state index in [0.717, 1.165) is 17.8 Å². The summed E-state index contributed by atoms with van der Waals surface area (Å²) in [4.78, 5) is 19.6. The van der Waals surface area contributed by atoms with Crippen LogP contribution in [-0.2, 0) is 19.5 Å². The molecule has 5 nitrogen and oxygen atoms in total. The van der Waals surface area contributed by atoms with E-state index in [1.54, 1.807) is 12.1 Å². The summed E-state index contributed by atoms with van der Waals surface area (Å²) in [5.41, 5.74) is 2.13. The normalized spacial score (nSPS) is 15.1. The van der Waals surface area contributed by atoms with Crippen LogP contribution in [0.4, 0.5) is 13.2 Å². The Bertz CT molecular complexity index is 843. The Morgan fingerprint density at radius 1 is 1.21 bits per heavy atom. The van der Waals surface area contributed by atoms with Gasteiger partial charge in [-0.25, -0.2) is 0 Å². The van der Waals surface area contributed by atoms with Crippen LogP contribution in [0.25, 0.3) is 0 Å². The molecule has 1 aliphatic rings. The van der Waals surface area contributed by atoms with E-state index >= 15 is 0 Å². The molecule has 2 heterocycles. The fraction of sp³-hybridized carbons (Fsp3) is 0.333. The summed E-state index contributed by atoms with van der Waals surface area (Å²) < 4.78 is 40.6. The van der Waals surface area contributed by atoms with Crippen molar-refractivity contribution in [2.45, 2.75) is 25.9 Å². The summed E-state index contributed by atoms with van der Waals surface area (Å²) in [7, 11) is 0. The van der Waals surface area contributed by atoms with E-state index in [1.807, 2.05) is 4.90 Å². The molecule has 1 aromatic carbocycles. The lowest BCUT2D eigenvalue weighted by Gasteiger charge is -2.27. The van der Waals surface area contributed by atoms with Gasteiger partial charge in [0.1, 0.15) is 5.75 Å². The molecule has 0 fully saturated rings. The Balaban J connectivity index is 1.69. The van der Waals surface area contributed by atoms with Gasteiger partial charge in [0, 0.05) is 31.7 Å². The molecule has 2 N–H and O–H groups in total. The Morgan fingerprint density at radius 3 is 2.58 bits per heavy atom. The van der Waals surface area contributed by atoms with Crippen LogP contribution < -0.4 is 10.3 Å². The third-order valence-corrected chi connectivity index (χ3v) is 3.96. The standard InChI is InChI=1S/C15H14F3N3O2S/c16-15(17,18)23-10-3-1-9(2-4-10)7-21-6-5-12-11(8-21)13(22)20-14(24)19-12/h1-4H,5-8H2,(H2,19,20,22,24). The summed E-state index contributed by atoms with van der Waals surface area (Å²) in [6.45, 7) is 1.71. The van der Waals surface area contributed by atoms with Gasteiger partial charge in [-0.05, 0) is 29.9 Å². The molecule has 0 radical (unpaired) electrons. The maximum Gasteiger partial charge on any atom is 0.573 e. The lowest BCUT2D eigenvalue weighted by atomic mass is 10.1. The number of hydrogen-bond acceptors (Lipinski definition) is 4. The van der Waals surface area contributed by atoms with E-state index in [0.29, 0.717) is 29.8 Å². The molecule has 0 unspecified atom stereocenters. The summed E-state index contributed by atoms with van der Waals surface area (Å²) in [5.74, 6) is -0.251. The highest BCUT2D eigenvalue weighted by atomic mass is 32.1. The summed E-state index contributed by atoms with van der Waals surface area (Å²) in [6, 6.07) is 5.73. The van der Waals surface area contributed by atoms with Gasteiger partial charge in [-0.2, -0.15) is 0 Å². The van der Waals surface area contributed by atoms with E-state index < -0.39 is 6.36 Å². The topological polar surface area (TPSA) is 61.1 Å². The van der Waals surface area contributed by atoms with Gasteiger partial charge in [0.2, 0.25) is 0 Å². The first-order valence-corrected chi connectivity index (χ1v) is 7.62. The first-order valence-electron chi connectivity index (χ1n) is 7.21. The minimum Gasteiger partial charge on any atom is -0.406 e. The van der Waals surface area contributed by atoms with Gasteiger partial charge in [0.25, 0.3) is 5.56 Å². The first kappa shape index (κ1) is 16.7. The number of ether oxygens (including phenoxy) is 1. The van der Waals surface area contributed by atoms with Gasteiger partial charge in [-0.3, -0.25) is 14.7 Å². The number of aromatic amines is 2. The molecule has 9 heteroatoms. The molecule has 24 heavy (non-hydrogen) atoms. The van der Waals surface area contributed by atoms with E-state index in [2.05, 4.69) is 14.7 Å². The fourth-order valence-electron chi connectivity index (χ4n) is 2.70. The van der Waals surface area contributed by atoms with Crippen LogP contribution in [0.15, 0.2) is 29.1 Å². The number of halogens is 3. The third-order valence-electron chi connectivity index (χ3n) is 3.75. The second-order valence-electron chi connectivity index (χ2n) is 5.52. The number of alkyl halides is 3. The zero-order valence-corrected chi connectivity index (χ0v) is 13.3. The molecular formula is C15H14F3N3O2S. The number of benzene rings is 1. The summed E-state index contributed by atoms with van der Waals surface area (Å²) >= 11 is 4.95. The van der Waals surface area contributed by atoms with Crippen LogP contribution in [0.5, 0.6) is 5.75 Å². The monoisotopic (exact) mass is 357 g/mol. The SMILES string of the molecule is O=c1[nH]c(=S)[nH]c2c1CN(Cc1ccc(OC(F)(F)F)cc1)CC2. The van der Waals surface area contributed by atoms with E-state index in [9.17, 15) is 18.0 Å². The Morgan fingerprint density at radius 2 is 1.92 bits per heavy atom. The predicted octanol–water partition coefficient (Wildman–Crippen LogP) is 2.89. The van der Waals surface area contributed by atoms with Crippen LogP contribution in [0.3, 0.4) is 0 Å². The highest BCUT2D eigenvalue weighted by molar-refractivity contribution is 7.71. The minimum atomic E-state index is -4.70. The number of fused-ring (bicyclic) bond motifs is 1. The second-order valence-corrected chi connectivity index (χ2v) is 5.93. The van der Waals surface area contributed by atoms with Gasteiger partial charge in [-0.15, -0.1) is 13.2 Å². The summed E-state index contributed by atoms with van der Waals surface area (Å²) in [5, 5.41) is 0. The molecule has 0 bridgehead atoms. The van der Waals surface area contributed by atoms with Crippen LogP contribution >= 0.6 is 12.2 Å². The zero-order valence-electron chi connectivity index (χ0n) is 12.4. The molecule has 0 aliphatic carbocycles. The van der Waals surface area contributed by atoms with E-state index in [-0.39, 0.29) is 11.3 Å². The third kappa shape index (κ3) is 4.04. The van der Waals surface area contributed by atoms with Gasteiger partial charge in [0.05, 0.1) is 5.56 Å². The van der Waals surface area contributed by atoms with E-state index in [1.165, 1.54) is 12.1 Å². The largest absolute Gasteiger partial charge is 0.573 e. The van der Waals surface area contributed by atoms with Gasteiger partial charge in [0.15, 0.2) is 4.77 Å². The number of aromatic nitrogens is 2. The average Bonchev–Trinajstić information content (AvgIpc) is 2.48. The number of rotatable bonds is 3. The molecule has 2 aromatic rings. The summed E-state index contributed by atoms with van der Waals surface area (Å²) in [6.07, 6.45) is -4.03. The molecule has 0 saturated heterocycles. The maximum atomic E-state index is 12.1. The highest BCUT2D eigenvalue weighted by Crippen LogP contribution is 2.23. The van der Waals surface area contributed by atoms with Gasteiger partial charge >= 0.3 is 6.36 Å². The molecule has 1 aromatic heterocycles. The Labute approximate surface area is 140 Å². The minimum absolute atomic E-state index is 0.202. The van der Waals surface area contributed by atoms with Crippen molar-refractivity contribution in [2.75, 3.05) is 6.54 Å². The number of nitrogens with one attached hydrogen (secondary N) is 2. The number of hydrogen-bond donors (Lipinski definition) is 2. The second kappa shape index (κ2) is 6.40. The number of H-pyrrole nitrogens is 2. The van der Waals surface area contributed by atoms with E-state index in [4.69, 9.17) is 12.2 Å². The predicted molar refractivity (Wildman–Crippen MR) is 83.2 cm³/mol. The van der Waals surface area contributed by atoms with Crippen molar-refractivity contribution in [3.63, 3.8) is 0 Å². The molecule has 3 rings (SSSR count). The van der Waals surface area contributed by atoms with Crippen molar-refractivity contribution < 1.29 is 17.9 Å². The molecule has 0 saturated carbocycles. The van der Waals surface area contributed by atoms with Crippen molar-refractivity contribution in [1.29, 1.82) is 0 Å². The van der Waals surface area contributed by atoms with Crippen molar-refractivity contribution in [2.24, 2.45) is 0 Å². The van der Waals surface area contributed by atoms with Gasteiger partial charge in [-0.1, -0.05) is 12.1 Å². The van der Waals surface area contributed by atoms with Gasteiger partial charge < -0.3 is 9.72 Å². The molecule has 0 amide bonds. The molecular weight excluding hydrogens is 343 g/mol. The smallest absolute Gasteiger partial charge is 0.406 e. The maximum absolute atomic E-state index is 12.1. The molecule has 1 aliphatic heterocycles.